The van der Waals surface area contributed by atoms with Crippen LogP contribution >= 0.6 is 0 Å². The molecular formula is C20H18N2O3. The molecule has 0 aliphatic heterocycles. The first-order valence-electron chi connectivity index (χ1n) is 8.01. The molecule has 0 fully saturated rings. The molecule has 0 unspecified atom stereocenters. The van der Waals surface area contributed by atoms with E-state index in [1.807, 2.05) is 30.3 Å². The number of carbonyl (C=O) groups excluding carboxylic acids is 1. The summed E-state index contributed by atoms with van der Waals surface area (Å²) >= 11 is 0. The van der Waals surface area contributed by atoms with Gasteiger partial charge in [-0.1, -0.05) is 6.07 Å². The molecule has 0 spiro atoms. The number of hydrogen-bond donors (Lipinski definition) is 2. The number of methoxy groups -OCH3 is 2. The molecule has 2 aromatic heterocycles. The lowest BCUT2D eigenvalue weighted by Gasteiger charge is -2.07. The number of hydrogen-bond acceptors (Lipinski definition) is 3. The minimum atomic E-state index is 0.605. The van der Waals surface area contributed by atoms with Gasteiger partial charge in [-0.3, -0.25) is 4.79 Å². The Morgan fingerprint density at radius 1 is 1.04 bits per heavy atom. The summed E-state index contributed by atoms with van der Waals surface area (Å²) in [5, 5.41) is 1.88. The Morgan fingerprint density at radius 2 is 1.88 bits per heavy atom. The summed E-state index contributed by atoms with van der Waals surface area (Å²) in [6, 6.07) is 12.1. The number of aromatic nitrogens is 2. The van der Waals surface area contributed by atoms with Crippen LogP contribution in [-0.2, 0) is 6.42 Å². The molecule has 0 saturated heterocycles. The van der Waals surface area contributed by atoms with Gasteiger partial charge in [-0.25, -0.2) is 0 Å². The Bertz CT molecular complexity index is 1080. The van der Waals surface area contributed by atoms with Gasteiger partial charge in [0.05, 0.1) is 25.1 Å². The topological polar surface area (TPSA) is 67.1 Å². The first-order valence-corrected chi connectivity index (χ1v) is 8.01. The van der Waals surface area contributed by atoms with E-state index >= 15 is 0 Å². The standard InChI is InChI=1S/C20H18N2O3/c1-24-18-5-3-4-16-15(18)9-14(22-16)6-12-7-17-20(19(8-12)25-2)13(11-23)10-21-17/h3-5,7-11,21-22H,6H2,1-2H3. The summed E-state index contributed by atoms with van der Waals surface area (Å²) in [5.41, 5.74) is 4.72. The van der Waals surface area contributed by atoms with E-state index in [4.69, 9.17) is 9.47 Å². The molecule has 0 saturated carbocycles. The van der Waals surface area contributed by atoms with Crippen LogP contribution in [0, 0.1) is 0 Å². The summed E-state index contributed by atoms with van der Waals surface area (Å²) in [6.45, 7) is 0. The number of rotatable bonds is 5. The Hall–Kier alpha value is -3.21. The summed E-state index contributed by atoms with van der Waals surface area (Å²) < 4.78 is 10.9. The van der Waals surface area contributed by atoms with E-state index in [-0.39, 0.29) is 0 Å². The molecule has 2 heterocycles. The average Bonchev–Trinajstić information content (AvgIpc) is 3.23. The number of aldehydes is 1. The maximum Gasteiger partial charge on any atom is 0.152 e. The first kappa shape index (κ1) is 15.3. The highest BCUT2D eigenvalue weighted by Crippen LogP contribution is 2.32. The van der Waals surface area contributed by atoms with Crippen molar-refractivity contribution < 1.29 is 14.3 Å². The van der Waals surface area contributed by atoms with Crippen molar-refractivity contribution in [1.29, 1.82) is 0 Å². The fourth-order valence-corrected chi connectivity index (χ4v) is 3.35. The zero-order valence-corrected chi connectivity index (χ0v) is 14.1. The lowest BCUT2D eigenvalue weighted by atomic mass is 10.1. The molecule has 5 heteroatoms. The quantitative estimate of drug-likeness (QED) is 0.541. The predicted molar refractivity (Wildman–Crippen MR) is 97.9 cm³/mol. The van der Waals surface area contributed by atoms with Gasteiger partial charge in [0, 0.05) is 34.8 Å². The maximum absolute atomic E-state index is 11.2. The van der Waals surface area contributed by atoms with E-state index in [1.165, 1.54) is 0 Å². The molecule has 0 bridgehead atoms. The predicted octanol–water partition coefficient (Wildman–Crippen LogP) is 4.07. The molecule has 0 atom stereocenters. The molecule has 4 rings (SSSR count). The van der Waals surface area contributed by atoms with Crippen LogP contribution in [0.1, 0.15) is 21.6 Å². The maximum atomic E-state index is 11.2. The van der Waals surface area contributed by atoms with Gasteiger partial charge in [-0.05, 0) is 35.9 Å². The third kappa shape index (κ3) is 2.54. The molecule has 25 heavy (non-hydrogen) atoms. The van der Waals surface area contributed by atoms with E-state index in [1.54, 1.807) is 20.4 Å². The molecule has 5 nitrogen and oxygen atoms in total. The van der Waals surface area contributed by atoms with Gasteiger partial charge in [-0.15, -0.1) is 0 Å². The Balaban J connectivity index is 1.77. The van der Waals surface area contributed by atoms with Gasteiger partial charge >= 0.3 is 0 Å². The van der Waals surface area contributed by atoms with Crippen molar-refractivity contribution in [3.63, 3.8) is 0 Å². The Morgan fingerprint density at radius 3 is 2.64 bits per heavy atom. The zero-order chi connectivity index (χ0) is 17.4. The van der Waals surface area contributed by atoms with Gasteiger partial charge in [0.25, 0.3) is 0 Å². The van der Waals surface area contributed by atoms with E-state index < -0.39 is 0 Å². The second-order valence-corrected chi connectivity index (χ2v) is 5.98. The molecule has 0 amide bonds. The highest BCUT2D eigenvalue weighted by atomic mass is 16.5. The van der Waals surface area contributed by atoms with Gasteiger partial charge in [0.2, 0.25) is 0 Å². The summed E-state index contributed by atoms with van der Waals surface area (Å²) in [7, 11) is 3.30. The van der Waals surface area contributed by atoms with Crippen LogP contribution in [0.15, 0.2) is 42.6 Å². The second kappa shape index (κ2) is 6.02. The normalized spacial score (nSPS) is 11.1. The first-order chi connectivity index (χ1) is 12.2. The number of aromatic amines is 2. The fourth-order valence-electron chi connectivity index (χ4n) is 3.35. The van der Waals surface area contributed by atoms with E-state index in [0.717, 1.165) is 51.5 Å². The van der Waals surface area contributed by atoms with Crippen LogP contribution in [-0.4, -0.2) is 30.5 Å². The number of benzene rings is 2. The molecule has 0 aliphatic rings. The number of H-pyrrole nitrogens is 2. The summed E-state index contributed by atoms with van der Waals surface area (Å²) in [6.07, 6.45) is 3.27. The van der Waals surface area contributed by atoms with Gasteiger partial charge in [-0.2, -0.15) is 0 Å². The SMILES string of the molecule is COc1cccc2[nH]c(Cc3cc(OC)c4c(C=O)c[nH]c4c3)cc12. The molecule has 0 radical (unpaired) electrons. The monoisotopic (exact) mass is 334 g/mol. The lowest BCUT2D eigenvalue weighted by Crippen LogP contribution is -1.92. The number of fused-ring (bicyclic) bond motifs is 2. The molecular weight excluding hydrogens is 316 g/mol. The number of ether oxygens (including phenoxy) is 2. The summed E-state index contributed by atoms with van der Waals surface area (Å²) in [5.74, 6) is 1.55. The van der Waals surface area contributed by atoms with Crippen molar-refractivity contribution in [3.05, 3.63) is 59.4 Å². The van der Waals surface area contributed by atoms with Crippen LogP contribution in [0.5, 0.6) is 11.5 Å². The fraction of sp³-hybridized carbons (Fsp3) is 0.150. The minimum Gasteiger partial charge on any atom is -0.496 e. The molecule has 2 aromatic carbocycles. The Labute approximate surface area is 144 Å². The third-order valence-corrected chi connectivity index (χ3v) is 4.48. The van der Waals surface area contributed by atoms with Gasteiger partial charge in [0.15, 0.2) is 6.29 Å². The van der Waals surface area contributed by atoms with Crippen molar-refractivity contribution in [2.45, 2.75) is 6.42 Å². The van der Waals surface area contributed by atoms with E-state index in [2.05, 4.69) is 16.0 Å². The molecule has 2 N–H and O–H groups in total. The van der Waals surface area contributed by atoms with Gasteiger partial charge in [0.1, 0.15) is 11.5 Å². The van der Waals surface area contributed by atoms with Crippen LogP contribution in [0.3, 0.4) is 0 Å². The third-order valence-electron chi connectivity index (χ3n) is 4.48. The van der Waals surface area contributed by atoms with Crippen LogP contribution in [0.2, 0.25) is 0 Å². The van der Waals surface area contributed by atoms with E-state index in [9.17, 15) is 4.79 Å². The van der Waals surface area contributed by atoms with Crippen molar-refractivity contribution in [2.24, 2.45) is 0 Å². The van der Waals surface area contributed by atoms with E-state index in [0.29, 0.717) is 11.3 Å². The Kier molecular flexibility index (Phi) is 3.69. The van der Waals surface area contributed by atoms with Crippen molar-refractivity contribution >= 4 is 28.1 Å². The minimum absolute atomic E-state index is 0.605. The molecule has 4 aromatic rings. The second-order valence-electron chi connectivity index (χ2n) is 5.98. The summed E-state index contributed by atoms with van der Waals surface area (Å²) in [4.78, 5) is 17.8. The smallest absolute Gasteiger partial charge is 0.152 e. The molecule has 126 valence electrons. The van der Waals surface area contributed by atoms with Crippen LogP contribution in [0.25, 0.3) is 21.8 Å². The number of nitrogens with one attached hydrogen (secondary N) is 2. The van der Waals surface area contributed by atoms with Crippen molar-refractivity contribution in [3.8, 4) is 11.5 Å². The largest absolute Gasteiger partial charge is 0.496 e. The average molecular weight is 334 g/mol. The highest BCUT2D eigenvalue weighted by molar-refractivity contribution is 6.01. The van der Waals surface area contributed by atoms with Gasteiger partial charge < -0.3 is 19.4 Å². The number of carbonyl (C=O) groups is 1. The van der Waals surface area contributed by atoms with Crippen molar-refractivity contribution in [2.75, 3.05) is 14.2 Å². The van der Waals surface area contributed by atoms with Crippen LogP contribution < -0.4 is 9.47 Å². The molecule has 0 aliphatic carbocycles. The van der Waals surface area contributed by atoms with Crippen molar-refractivity contribution in [1.82, 2.24) is 9.97 Å². The van der Waals surface area contributed by atoms with Crippen LogP contribution in [0.4, 0.5) is 0 Å². The zero-order valence-electron chi connectivity index (χ0n) is 14.1. The highest BCUT2D eigenvalue weighted by Gasteiger charge is 2.12. The lowest BCUT2D eigenvalue weighted by molar-refractivity contribution is 0.112.